The van der Waals surface area contributed by atoms with Crippen molar-refractivity contribution in [3.8, 4) is 0 Å². The molecule has 1 amide bonds. The van der Waals surface area contributed by atoms with Gasteiger partial charge in [0, 0.05) is 21.3 Å². The van der Waals surface area contributed by atoms with Crippen molar-refractivity contribution in [3.63, 3.8) is 0 Å². The molecule has 0 unspecified atom stereocenters. The van der Waals surface area contributed by atoms with E-state index in [2.05, 4.69) is 45.4 Å². The summed E-state index contributed by atoms with van der Waals surface area (Å²) in [5.41, 5.74) is 0.722. The third-order valence-corrected chi connectivity index (χ3v) is 4.03. The van der Waals surface area contributed by atoms with Crippen molar-refractivity contribution in [1.82, 2.24) is 5.32 Å². The lowest BCUT2D eigenvalue weighted by molar-refractivity contribution is 0.0475. The standard InChI is InChI=1S/C15H21IN2O2/c1-15(2,3)20-14(19)18-11-8-10(9-11)17-13-7-5-4-6-12(13)16/h4-7,10-11,17H,8-9H2,1-3H3,(H,18,19). The lowest BCUT2D eigenvalue weighted by atomic mass is 9.86. The van der Waals surface area contributed by atoms with Crippen LogP contribution in [-0.2, 0) is 4.74 Å². The number of para-hydroxylation sites is 1. The van der Waals surface area contributed by atoms with Crippen LogP contribution in [0.3, 0.4) is 0 Å². The van der Waals surface area contributed by atoms with Gasteiger partial charge in [-0.25, -0.2) is 4.79 Å². The minimum atomic E-state index is -0.439. The maximum absolute atomic E-state index is 11.6. The fourth-order valence-electron chi connectivity index (χ4n) is 2.13. The molecule has 4 nitrogen and oxygen atoms in total. The molecule has 0 atom stereocenters. The summed E-state index contributed by atoms with van der Waals surface area (Å²) >= 11 is 2.32. The van der Waals surface area contributed by atoms with Crippen molar-refractivity contribution in [1.29, 1.82) is 0 Å². The summed E-state index contributed by atoms with van der Waals surface area (Å²) in [6.45, 7) is 5.61. The molecule has 0 bridgehead atoms. The number of rotatable bonds is 3. The Morgan fingerprint density at radius 2 is 1.90 bits per heavy atom. The van der Waals surface area contributed by atoms with Gasteiger partial charge in [0.25, 0.3) is 0 Å². The Morgan fingerprint density at radius 1 is 1.25 bits per heavy atom. The molecule has 1 saturated carbocycles. The molecule has 1 aromatic rings. The average Bonchev–Trinajstić information content (AvgIpc) is 2.26. The number of anilines is 1. The number of hydrogen-bond donors (Lipinski definition) is 2. The molecule has 0 heterocycles. The van der Waals surface area contributed by atoms with Crippen molar-refractivity contribution in [3.05, 3.63) is 27.8 Å². The number of amides is 1. The molecule has 5 heteroatoms. The highest BCUT2D eigenvalue weighted by Crippen LogP contribution is 2.27. The zero-order valence-electron chi connectivity index (χ0n) is 12.1. The Morgan fingerprint density at radius 3 is 2.50 bits per heavy atom. The Hall–Kier alpha value is -0.980. The number of halogens is 1. The number of nitrogens with one attached hydrogen (secondary N) is 2. The van der Waals surface area contributed by atoms with Crippen LogP contribution >= 0.6 is 22.6 Å². The third kappa shape index (κ3) is 4.54. The van der Waals surface area contributed by atoms with Crippen LogP contribution in [0.15, 0.2) is 24.3 Å². The van der Waals surface area contributed by atoms with Gasteiger partial charge in [-0.15, -0.1) is 0 Å². The van der Waals surface area contributed by atoms with Crippen LogP contribution in [0.2, 0.25) is 0 Å². The topological polar surface area (TPSA) is 50.4 Å². The second-order valence-electron chi connectivity index (χ2n) is 6.14. The number of ether oxygens (including phenoxy) is 1. The summed E-state index contributed by atoms with van der Waals surface area (Å²) in [6.07, 6.45) is 1.55. The van der Waals surface area contributed by atoms with Crippen molar-refractivity contribution >= 4 is 34.4 Å². The second kappa shape index (κ2) is 6.20. The van der Waals surface area contributed by atoms with E-state index in [9.17, 15) is 4.79 Å². The molecule has 110 valence electrons. The monoisotopic (exact) mass is 388 g/mol. The van der Waals surface area contributed by atoms with Gasteiger partial charge in [0.15, 0.2) is 0 Å². The zero-order chi connectivity index (χ0) is 14.8. The highest BCUT2D eigenvalue weighted by molar-refractivity contribution is 14.1. The van der Waals surface area contributed by atoms with E-state index in [4.69, 9.17) is 4.74 Å². The van der Waals surface area contributed by atoms with E-state index < -0.39 is 5.60 Å². The normalized spacial score (nSPS) is 21.8. The Labute approximate surface area is 133 Å². The van der Waals surface area contributed by atoms with Crippen LogP contribution in [-0.4, -0.2) is 23.8 Å². The van der Waals surface area contributed by atoms with Gasteiger partial charge in [0.2, 0.25) is 0 Å². The lowest BCUT2D eigenvalue weighted by Crippen LogP contribution is -2.50. The van der Waals surface area contributed by atoms with Crippen molar-refractivity contribution in [2.45, 2.75) is 51.3 Å². The minimum absolute atomic E-state index is 0.212. The predicted octanol–water partition coefficient (Wildman–Crippen LogP) is 3.76. The Balaban J connectivity index is 1.73. The van der Waals surface area contributed by atoms with E-state index in [1.54, 1.807) is 0 Å². The fraction of sp³-hybridized carbons (Fsp3) is 0.533. The number of benzene rings is 1. The first kappa shape index (κ1) is 15.4. The summed E-state index contributed by atoms with van der Waals surface area (Å²) in [5, 5.41) is 6.40. The van der Waals surface area contributed by atoms with Gasteiger partial charge in [-0.05, 0) is 68.3 Å². The largest absolute Gasteiger partial charge is 0.444 e. The summed E-state index contributed by atoms with van der Waals surface area (Å²) in [6, 6.07) is 8.85. The SMILES string of the molecule is CC(C)(C)OC(=O)NC1CC(Nc2ccccc2I)C1. The van der Waals surface area contributed by atoms with Crippen LogP contribution in [0.5, 0.6) is 0 Å². The lowest BCUT2D eigenvalue weighted by Gasteiger charge is -2.37. The Bertz CT molecular complexity index is 479. The van der Waals surface area contributed by atoms with Crippen molar-refractivity contribution in [2.75, 3.05) is 5.32 Å². The van der Waals surface area contributed by atoms with Crippen LogP contribution in [0.4, 0.5) is 10.5 Å². The summed E-state index contributed by atoms with van der Waals surface area (Å²) < 4.78 is 6.46. The van der Waals surface area contributed by atoms with Gasteiger partial charge < -0.3 is 15.4 Å². The van der Waals surface area contributed by atoms with Crippen molar-refractivity contribution in [2.24, 2.45) is 0 Å². The summed E-state index contributed by atoms with van der Waals surface area (Å²) in [7, 11) is 0. The molecule has 0 spiro atoms. The molecular weight excluding hydrogens is 367 g/mol. The third-order valence-electron chi connectivity index (χ3n) is 3.09. The van der Waals surface area contributed by atoms with E-state index in [-0.39, 0.29) is 12.1 Å². The fourth-order valence-corrected chi connectivity index (χ4v) is 2.67. The molecular formula is C15H21IN2O2. The van der Waals surface area contributed by atoms with Crippen LogP contribution in [0, 0.1) is 3.57 Å². The smallest absolute Gasteiger partial charge is 0.407 e. The molecule has 2 N–H and O–H groups in total. The van der Waals surface area contributed by atoms with E-state index in [0.29, 0.717) is 6.04 Å². The van der Waals surface area contributed by atoms with E-state index >= 15 is 0 Å². The Kier molecular flexibility index (Phi) is 4.78. The predicted molar refractivity (Wildman–Crippen MR) is 89.0 cm³/mol. The van der Waals surface area contributed by atoms with Crippen LogP contribution < -0.4 is 10.6 Å². The zero-order valence-corrected chi connectivity index (χ0v) is 14.2. The first-order valence-corrected chi connectivity index (χ1v) is 7.92. The maximum atomic E-state index is 11.6. The van der Waals surface area contributed by atoms with Crippen LogP contribution in [0.1, 0.15) is 33.6 Å². The molecule has 0 radical (unpaired) electrons. The quantitative estimate of drug-likeness (QED) is 0.776. The van der Waals surface area contributed by atoms with E-state index in [0.717, 1.165) is 18.5 Å². The first-order valence-electron chi connectivity index (χ1n) is 6.84. The molecule has 1 aliphatic carbocycles. The van der Waals surface area contributed by atoms with E-state index in [1.807, 2.05) is 32.9 Å². The molecule has 1 aromatic carbocycles. The molecule has 20 heavy (non-hydrogen) atoms. The molecule has 2 rings (SSSR count). The van der Waals surface area contributed by atoms with Gasteiger partial charge >= 0.3 is 6.09 Å². The number of hydrogen-bond acceptors (Lipinski definition) is 3. The van der Waals surface area contributed by atoms with Crippen LogP contribution in [0.25, 0.3) is 0 Å². The van der Waals surface area contributed by atoms with Gasteiger partial charge in [0.1, 0.15) is 5.60 Å². The number of alkyl carbamates (subject to hydrolysis) is 1. The minimum Gasteiger partial charge on any atom is -0.444 e. The molecule has 0 aromatic heterocycles. The molecule has 1 fully saturated rings. The highest BCUT2D eigenvalue weighted by Gasteiger charge is 2.31. The highest BCUT2D eigenvalue weighted by atomic mass is 127. The average molecular weight is 388 g/mol. The van der Waals surface area contributed by atoms with E-state index in [1.165, 1.54) is 3.57 Å². The van der Waals surface area contributed by atoms with Gasteiger partial charge in [0.05, 0.1) is 0 Å². The summed E-state index contributed by atoms with van der Waals surface area (Å²) in [5.74, 6) is 0. The molecule has 1 aliphatic rings. The number of carbonyl (C=O) groups excluding carboxylic acids is 1. The second-order valence-corrected chi connectivity index (χ2v) is 7.30. The van der Waals surface area contributed by atoms with Gasteiger partial charge in [-0.1, -0.05) is 12.1 Å². The van der Waals surface area contributed by atoms with Crippen molar-refractivity contribution < 1.29 is 9.53 Å². The maximum Gasteiger partial charge on any atom is 0.407 e. The van der Waals surface area contributed by atoms with Gasteiger partial charge in [-0.2, -0.15) is 0 Å². The molecule has 0 saturated heterocycles. The first-order chi connectivity index (χ1) is 9.33. The van der Waals surface area contributed by atoms with Gasteiger partial charge in [-0.3, -0.25) is 0 Å². The summed E-state index contributed by atoms with van der Waals surface area (Å²) in [4.78, 5) is 11.6. The molecule has 0 aliphatic heterocycles. The number of carbonyl (C=O) groups is 1.